The van der Waals surface area contributed by atoms with Crippen LogP contribution in [0.1, 0.15) is 18.7 Å². The topological polar surface area (TPSA) is 75.9 Å². The Morgan fingerprint density at radius 2 is 2.14 bits per heavy atom. The van der Waals surface area contributed by atoms with E-state index in [4.69, 9.17) is 0 Å². The van der Waals surface area contributed by atoms with Gasteiger partial charge in [0.05, 0.1) is 6.54 Å². The van der Waals surface area contributed by atoms with Gasteiger partial charge in [0.15, 0.2) is 0 Å². The second-order valence-corrected chi connectivity index (χ2v) is 5.01. The molecule has 0 spiro atoms. The van der Waals surface area contributed by atoms with Crippen molar-refractivity contribution in [1.29, 1.82) is 0 Å². The molecule has 0 radical (unpaired) electrons. The van der Waals surface area contributed by atoms with Crippen LogP contribution in [0.2, 0.25) is 0 Å². The molecule has 3 heterocycles. The maximum Gasteiger partial charge on any atom is 0.242 e. The predicted molar refractivity (Wildman–Crippen MR) is 77.6 cm³/mol. The van der Waals surface area contributed by atoms with Gasteiger partial charge in [0.25, 0.3) is 0 Å². The molecule has 0 aliphatic carbocycles. The van der Waals surface area contributed by atoms with Crippen molar-refractivity contribution < 1.29 is 4.79 Å². The van der Waals surface area contributed by atoms with E-state index in [-0.39, 0.29) is 12.5 Å². The fraction of sp³-hybridized carbons (Fsp3) is 0.429. The molecule has 7 heteroatoms. The first kappa shape index (κ1) is 13.5. The number of hydrogen-bond donors (Lipinski definition) is 1. The molecule has 1 aliphatic heterocycles. The summed E-state index contributed by atoms with van der Waals surface area (Å²) in [7, 11) is 0. The Hall–Kier alpha value is -2.44. The van der Waals surface area contributed by atoms with E-state index in [0.717, 1.165) is 18.9 Å². The van der Waals surface area contributed by atoms with Gasteiger partial charge in [-0.1, -0.05) is 0 Å². The van der Waals surface area contributed by atoms with Gasteiger partial charge in [0.1, 0.15) is 18.2 Å². The lowest BCUT2D eigenvalue weighted by Crippen LogP contribution is -2.28. The number of nitrogens with zero attached hydrogens (tertiary/aromatic N) is 5. The van der Waals surface area contributed by atoms with E-state index < -0.39 is 0 Å². The van der Waals surface area contributed by atoms with Crippen LogP contribution < -0.4 is 10.2 Å². The average Bonchev–Trinajstić information content (AvgIpc) is 3.19. The molecule has 1 saturated heterocycles. The van der Waals surface area contributed by atoms with Crippen LogP contribution in [0.15, 0.2) is 30.7 Å². The standard InChI is InChI=1S/C14H18N6O/c21-14(11-20-9-3-5-17-20)16-10-12-15-6-4-13(18-12)19-7-1-2-8-19/h3-6,9H,1-2,7-8,10-11H2,(H,16,21). The first-order valence-electron chi connectivity index (χ1n) is 7.12. The second-order valence-electron chi connectivity index (χ2n) is 5.01. The lowest BCUT2D eigenvalue weighted by molar-refractivity contribution is -0.122. The highest BCUT2D eigenvalue weighted by molar-refractivity contribution is 5.75. The van der Waals surface area contributed by atoms with Gasteiger partial charge in [-0.3, -0.25) is 9.48 Å². The first-order valence-corrected chi connectivity index (χ1v) is 7.12. The highest BCUT2D eigenvalue weighted by atomic mass is 16.2. The summed E-state index contributed by atoms with van der Waals surface area (Å²) in [4.78, 5) is 22.7. The number of rotatable bonds is 5. The van der Waals surface area contributed by atoms with Gasteiger partial charge in [0.2, 0.25) is 5.91 Å². The van der Waals surface area contributed by atoms with Crippen molar-refractivity contribution >= 4 is 11.7 Å². The van der Waals surface area contributed by atoms with Crippen LogP contribution >= 0.6 is 0 Å². The maximum absolute atomic E-state index is 11.8. The number of nitrogens with one attached hydrogen (secondary N) is 1. The van der Waals surface area contributed by atoms with Crippen molar-refractivity contribution in [2.45, 2.75) is 25.9 Å². The highest BCUT2D eigenvalue weighted by Gasteiger charge is 2.14. The van der Waals surface area contributed by atoms with E-state index in [2.05, 4.69) is 25.3 Å². The fourth-order valence-electron chi connectivity index (χ4n) is 2.37. The molecule has 1 aliphatic rings. The molecular weight excluding hydrogens is 268 g/mol. The number of amides is 1. The van der Waals surface area contributed by atoms with E-state index >= 15 is 0 Å². The lowest BCUT2D eigenvalue weighted by atomic mass is 10.4. The molecule has 1 amide bonds. The van der Waals surface area contributed by atoms with Gasteiger partial charge in [-0.15, -0.1) is 0 Å². The van der Waals surface area contributed by atoms with Gasteiger partial charge in [-0.2, -0.15) is 5.10 Å². The summed E-state index contributed by atoms with van der Waals surface area (Å²) in [6, 6.07) is 3.70. The zero-order valence-corrected chi connectivity index (χ0v) is 11.8. The number of aromatic nitrogens is 4. The summed E-state index contributed by atoms with van der Waals surface area (Å²) in [6.45, 7) is 2.63. The van der Waals surface area contributed by atoms with Crippen molar-refractivity contribution in [3.05, 3.63) is 36.5 Å². The molecule has 0 aromatic carbocycles. The third-order valence-corrected chi connectivity index (χ3v) is 3.43. The number of carbonyl (C=O) groups excluding carboxylic acids is 1. The molecular formula is C14H18N6O. The van der Waals surface area contributed by atoms with Gasteiger partial charge in [-0.05, 0) is 25.0 Å². The third kappa shape index (κ3) is 3.56. The Morgan fingerprint density at radius 1 is 1.29 bits per heavy atom. The summed E-state index contributed by atoms with van der Waals surface area (Å²) < 4.78 is 1.58. The minimum Gasteiger partial charge on any atom is -0.357 e. The Kier molecular flexibility index (Phi) is 4.09. The molecule has 21 heavy (non-hydrogen) atoms. The summed E-state index contributed by atoms with van der Waals surface area (Å²) in [5, 5.41) is 6.81. The Labute approximate surface area is 123 Å². The monoisotopic (exact) mass is 286 g/mol. The summed E-state index contributed by atoms with van der Waals surface area (Å²) >= 11 is 0. The van der Waals surface area contributed by atoms with E-state index in [1.165, 1.54) is 12.8 Å². The zero-order chi connectivity index (χ0) is 14.5. The van der Waals surface area contributed by atoms with Crippen LogP contribution in [0.3, 0.4) is 0 Å². The molecule has 2 aromatic heterocycles. The van der Waals surface area contributed by atoms with E-state index in [1.54, 1.807) is 29.3 Å². The largest absolute Gasteiger partial charge is 0.357 e. The van der Waals surface area contributed by atoms with Crippen LogP contribution in [0.4, 0.5) is 5.82 Å². The third-order valence-electron chi connectivity index (χ3n) is 3.43. The van der Waals surface area contributed by atoms with Crippen LogP contribution in [0.25, 0.3) is 0 Å². The van der Waals surface area contributed by atoms with E-state index in [0.29, 0.717) is 12.4 Å². The Balaban J connectivity index is 1.55. The first-order chi connectivity index (χ1) is 10.3. The Bertz CT molecular complexity index is 591. The fourth-order valence-corrected chi connectivity index (χ4v) is 2.37. The SMILES string of the molecule is O=C(Cn1cccn1)NCc1nccc(N2CCCC2)n1. The summed E-state index contributed by atoms with van der Waals surface area (Å²) in [5.41, 5.74) is 0. The minimum absolute atomic E-state index is 0.103. The second kappa shape index (κ2) is 6.34. The summed E-state index contributed by atoms with van der Waals surface area (Å²) in [5.74, 6) is 1.47. The van der Waals surface area contributed by atoms with Gasteiger partial charge in [0, 0.05) is 31.7 Å². The average molecular weight is 286 g/mol. The van der Waals surface area contributed by atoms with Crippen LogP contribution in [0, 0.1) is 0 Å². The van der Waals surface area contributed by atoms with Gasteiger partial charge in [-0.25, -0.2) is 9.97 Å². The molecule has 110 valence electrons. The van der Waals surface area contributed by atoms with Crippen molar-refractivity contribution in [2.24, 2.45) is 0 Å². The smallest absolute Gasteiger partial charge is 0.242 e. The van der Waals surface area contributed by atoms with Crippen molar-refractivity contribution in [3.63, 3.8) is 0 Å². The minimum atomic E-state index is -0.103. The van der Waals surface area contributed by atoms with Gasteiger partial charge < -0.3 is 10.2 Å². The molecule has 2 aromatic rings. The zero-order valence-electron chi connectivity index (χ0n) is 11.8. The van der Waals surface area contributed by atoms with Crippen molar-refractivity contribution in [3.8, 4) is 0 Å². The number of carbonyl (C=O) groups is 1. The molecule has 0 bridgehead atoms. The molecule has 3 rings (SSSR count). The quantitative estimate of drug-likeness (QED) is 0.870. The number of anilines is 1. The highest BCUT2D eigenvalue weighted by Crippen LogP contribution is 2.16. The number of hydrogen-bond acceptors (Lipinski definition) is 5. The van der Waals surface area contributed by atoms with Crippen LogP contribution in [-0.4, -0.2) is 38.7 Å². The van der Waals surface area contributed by atoms with E-state index in [1.807, 2.05) is 6.07 Å². The predicted octanol–water partition coefficient (Wildman–Crippen LogP) is 0.590. The molecule has 1 fully saturated rings. The van der Waals surface area contributed by atoms with Crippen LogP contribution in [-0.2, 0) is 17.9 Å². The summed E-state index contributed by atoms with van der Waals surface area (Å²) in [6.07, 6.45) is 7.56. The van der Waals surface area contributed by atoms with Crippen molar-refractivity contribution in [1.82, 2.24) is 25.1 Å². The van der Waals surface area contributed by atoms with Gasteiger partial charge >= 0.3 is 0 Å². The molecule has 7 nitrogen and oxygen atoms in total. The van der Waals surface area contributed by atoms with Crippen molar-refractivity contribution in [2.75, 3.05) is 18.0 Å². The molecule has 0 saturated carbocycles. The maximum atomic E-state index is 11.8. The van der Waals surface area contributed by atoms with Crippen LogP contribution in [0.5, 0.6) is 0 Å². The molecule has 0 atom stereocenters. The lowest BCUT2D eigenvalue weighted by Gasteiger charge is -2.16. The molecule has 0 unspecified atom stereocenters. The van der Waals surface area contributed by atoms with E-state index in [9.17, 15) is 4.79 Å². The molecule has 1 N–H and O–H groups in total. The normalized spacial score (nSPS) is 14.4. The Morgan fingerprint density at radius 3 is 2.90 bits per heavy atom.